The number of thioether (sulfide) groups is 1. The van der Waals surface area contributed by atoms with Gasteiger partial charge in [0, 0.05) is 31.1 Å². The van der Waals surface area contributed by atoms with E-state index in [1.54, 1.807) is 42.1 Å². The van der Waals surface area contributed by atoms with Crippen LogP contribution in [0.2, 0.25) is 10.0 Å². The largest absolute Gasteiger partial charge is 0.355 e. The zero-order valence-corrected chi connectivity index (χ0v) is 20.5. The molecular formula is C22H26Cl2N2O3S2. The molecule has 2 aromatic rings. The number of nitrogens with zero attached hydrogens (tertiary/aromatic N) is 1. The highest BCUT2D eigenvalue weighted by molar-refractivity contribution is 7.98. The standard InChI is InChI=1S/C22H26Cl2N2O3S2/c1-16-4-7-19(8-5-16)31(28,29)26-11-2-3-18(14-26)22(27)25-10-12-30-15-17-6-9-20(23)21(24)13-17/h4-9,13,18H,2-3,10-12,14-15H2,1H3,(H,25,27)/t18-/m0/s1. The summed E-state index contributed by atoms with van der Waals surface area (Å²) in [6, 6.07) is 12.4. The third-order valence-corrected chi connectivity index (χ3v) is 8.86. The van der Waals surface area contributed by atoms with Gasteiger partial charge in [0.15, 0.2) is 0 Å². The monoisotopic (exact) mass is 500 g/mol. The van der Waals surface area contributed by atoms with E-state index in [9.17, 15) is 13.2 Å². The number of benzene rings is 2. The Hall–Kier alpha value is -1.25. The smallest absolute Gasteiger partial charge is 0.243 e. The SMILES string of the molecule is Cc1ccc(S(=O)(=O)N2CCC[C@H](C(=O)NCCSCc3ccc(Cl)c(Cl)c3)C2)cc1. The van der Waals surface area contributed by atoms with Crippen LogP contribution in [-0.2, 0) is 20.6 Å². The fraction of sp³-hybridized carbons (Fsp3) is 0.409. The first-order valence-corrected chi connectivity index (χ1v) is 13.5. The molecule has 1 aliphatic heterocycles. The van der Waals surface area contributed by atoms with Crippen LogP contribution in [0.25, 0.3) is 0 Å². The lowest BCUT2D eigenvalue weighted by atomic mass is 9.99. The topological polar surface area (TPSA) is 66.5 Å². The van der Waals surface area contributed by atoms with Crippen molar-refractivity contribution in [1.82, 2.24) is 9.62 Å². The molecule has 0 unspecified atom stereocenters. The first-order valence-electron chi connectivity index (χ1n) is 10.1. The van der Waals surface area contributed by atoms with E-state index in [4.69, 9.17) is 23.2 Å². The number of hydrogen-bond donors (Lipinski definition) is 1. The third kappa shape index (κ3) is 6.62. The van der Waals surface area contributed by atoms with Gasteiger partial charge in [-0.05, 0) is 49.6 Å². The zero-order valence-electron chi connectivity index (χ0n) is 17.3. The molecule has 1 amide bonds. The number of rotatable bonds is 8. The van der Waals surface area contributed by atoms with Crippen molar-refractivity contribution >= 4 is 50.9 Å². The Morgan fingerprint density at radius 1 is 1.16 bits per heavy atom. The summed E-state index contributed by atoms with van der Waals surface area (Å²) in [5, 5.41) is 4.02. The van der Waals surface area contributed by atoms with E-state index >= 15 is 0 Å². The van der Waals surface area contributed by atoms with E-state index in [0.717, 1.165) is 22.6 Å². The summed E-state index contributed by atoms with van der Waals surface area (Å²) in [5.74, 6) is 1.12. The van der Waals surface area contributed by atoms with E-state index < -0.39 is 10.0 Å². The number of sulfonamides is 1. The maximum atomic E-state index is 12.9. The molecule has 0 bridgehead atoms. The van der Waals surface area contributed by atoms with E-state index in [0.29, 0.717) is 36.0 Å². The van der Waals surface area contributed by atoms with Crippen molar-refractivity contribution in [3.63, 3.8) is 0 Å². The minimum Gasteiger partial charge on any atom is -0.355 e. The predicted octanol–water partition coefficient (Wildman–Crippen LogP) is 4.75. The van der Waals surface area contributed by atoms with Crippen molar-refractivity contribution in [2.75, 3.05) is 25.4 Å². The lowest BCUT2D eigenvalue weighted by Gasteiger charge is -2.31. The van der Waals surface area contributed by atoms with Crippen LogP contribution in [-0.4, -0.2) is 44.0 Å². The molecule has 1 heterocycles. The molecule has 0 aliphatic carbocycles. The molecule has 1 N–H and O–H groups in total. The van der Waals surface area contributed by atoms with Crippen LogP contribution in [0.4, 0.5) is 0 Å². The molecule has 0 radical (unpaired) electrons. The summed E-state index contributed by atoms with van der Waals surface area (Å²) >= 11 is 13.6. The van der Waals surface area contributed by atoms with Crippen molar-refractivity contribution in [1.29, 1.82) is 0 Å². The highest BCUT2D eigenvalue weighted by Crippen LogP contribution is 2.25. The van der Waals surface area contributed by atoms with Gasteiger partial charge < -0.3 is 5.32 Å². The summed E-state index contributed by atoms with van der Waals surface area (Å²) in [6.45, 7) is 3.12. The Morgan fingerprint density at radius 3 is 2.61 bits per heavy atom. The van der Waals surface area contributed by atoms with Crippen LogP contribution in [0.1, 0.15) is 24.0 Å². The number of carbonyl (C=O) groups excluding carboxylic acids is 1. The number of halogens is 2. The maximum absolute atomic E-state index is 12.9. The molecule has 1 atom stereocenters. The molecule has 1 fully saturated rings. The van der Waals surface area contributed by atoms with Crippen LogP contribution in [0.5, 0.6) is 0 Å². The van der Waals surface area contributed by atoms with E-state index in [2.05, 4.69) is 5.32 Å². The average Bonchev–Trinajstić information content (AvgIpc) is 2.76. The maximum Gasteiger partial charge on any atom is 0.243 e. The number of piperidine rings is 1. The average molecular weight is 502 g/mol. The molecule has 3 rings (SSSR count). The molecule has 5 nitrogen and oxygen atoms in total. The van der Waals surface area contributed by atoms with E-state index in [-0.39, 0.29) is 23.3 Å². The van der Waals surface area contributed by atoms with Crippen molar-refractivity contribution in [2.24, 2.45) is 5.92 Å². The van der Waals surface area contributed by atoms with Gasteiger partial charge in [-0.15, -0.1) is 0 Å². The molecule has 9 heteroatoms. The van der Waals surface area contributed by atoms with Gasteiger partial charge >= 0.3 is 0 Å². The first kappa shape index (κ1) is 24.4. The van der Waals surface area contributed by atoms with Gasteiger partial charge in [0.1, 0.15) is 0 Å². The second-order valence-corrected chi connectivity index (χ2v) is 11.5. The summed E-state index contributed by atoms with van der Waals surface area (Å²) < 4.78 is 27.3. The number of amides is 1. The van der Waals surface area contributed by atoms with Crippen LogP contribution in [0, 0.1) is 12.8 Å². The number of nitrogens with one attached hydrogen (secondary N) is 1. The second kappa shape index (κ2) is 11.1. The normalized spacial score (nSPS) is 17.5. The Bertz CT molecular complexity index is 1010. The van der Waals surface area contributed by atoms with Crippen LogP contribution in [0.15, 0.2) is 47.4 Å². The predicted molar refractivity (Wildman–Crippen MR) is 128 cm³/mol. The molecule has 2 aromatic carbocycles. The Balaban J connectivity index is 1.46. The van der Waals surface area contributed by atoms with Crippen molar-refractivity contribution in [3.05, 3.63) is 63.6 Å². The fourth-order valence-corrected chi connectivity index (χ4v) is 6.09. The van der Waals surface area contributed by atoms with Crippen molar-refractivity contribution in [2.45, 2.75) is 30.4 Å². The van der Waals surface area contributed by atoms with E-state index in [1.807, 2.05) is 19.1 Å². The lowest BCUT2D eigenvalue weighted by molar-refractivity contribution is -0.125. The quantitative estimate of drug-likeness (QED) is 0.530. The van der Waals surface area contributed by atoms with Crippen molar-refractivity contribution < 1.29 is 13.2 Å². The fourth-order valence-electron chi connectivity index (χ4n) is 3.44. The molecule has 1 saturated heterocycles. The first-order chi connectivity index (χ1) is 14.8. The second-order valence-electron chi connectivity index (χ2n) is 7.61. The summed E-state index contributed by atoms with van der Waals surface area (Å²) in [5.41, 5.74) is 2.09. The molecule has 31 heavy (non-hydrogen) atoms. The highest BCUT2D eigenvalue weighted by atomic mass is 35.5. The number of aryl methyl sites for hydroxylation is 1. The van der Waals surface area contributed by atoms with Gasteiger partial charge in [0.2, 0.25) is 15.9 Å². The molecule has 0 spiro atoms. The number of carbonyl (C=O) groups is 1. The number of hydrogen-bond acceptors (Lipinski definition) is 4. The molecule has 0 aromatic heterocycles. The van der Waals surface area contributed by atoms with Gasteiger partial charge in [-0.1, -0.05) is 47.0 Å². The minimum absolute atomic E-state index is 0.0843. The summed E-state index contributed by atoms with van der Waals surface area (Å²) in [7, 11) is -3.58. The van der Waals surface area contributed by atoms with Gasteiger partial charge in [0.25, 0.3) is 0 Å². The summed E-state index contributed by atoms with van der Waals surface area (Å²) in [4.78, 5) is 12.9. The van der Waals surface area contributed by atoms with Gasteiger partial charge in [0.05, 0.1) is 20.9 Å². The van der Waals surface area contributed by atoms with Crippen LogP contribution >= 0.6 is 35.0 Å². The van der Waals surface area contributed by atoms with Crippen LogP contribution < -0.4 is 5.32 Å². The van der Waals surface area contributed by atoms with Crippen LogP contribution in [0.3, 0.4) is 0 Å². The molecular weight excluding hydrogens is 475 g/mol. The Morgan fingerprint density at radius 2 is 1.90 bits per heavy atom. The minimum atomic E-state index is -3.58. The highest BCUT2D eigenvalue weighted by Gasteiger charge is 2.33. The van der Waals surface area contributed by atoms with Gasteiger partial charge in [-0.2, -0.15) is 16.1 Å². The van der Waals surface area contributed by atoms with Crippen molar-refractivity contribution in [3.8, 4) is 0 Å². The van der Waals surface area contributed by atoms with Gasteiger partial charge in [-0.25, -0.2) is 8.42 Å². The summed E-state index contributed by atoms with van der Waals surface area (Å²) in [6.07, 6.45) is 1.37. The molecule has 168 valence electrons. The van der Waals surface area contributed by atoms with Gasteiger partial charge in [-0.3, -0.25) is 4.79 Å². The zero-order chi connectivity index (χ0) is 22.4. The lowest BCUT2D eigenvalue weighted by Crippen LogP contribution is -2.45. The Labute approximate surface area is 198 Å². The van der Waals surface area contributed by atoms with E-state index in [1.165, 1.54) is 4.31 Å². The molecule has 0 saturated carbocycles. The Kier molecular flexibility index (Phi) is 8.70. The third-order valence-electron chi connectivity index (χ3n) is 5.21. The molecule has 1 aliphatic rings.